The van der Waals surface area contributed by atoms with Gasteiger partial charge in [-0.15, -0.1) is 0 Å². The highest BCUT2D eigenvalue weighted by molar-refractivity contribution is 9.10. The Morgan fingerprint density at radius 1 is 1.14 bits per heavy atom. The summed E-state index contributed by atoms with van der Waals surface area (Å²) in [7, 11) is -3.59. The minimum Gasteiger partial charge on any atom is -0.398 e. The van der Waals surface area contributed by atoms with E-state index in [0.29, 0.717) is 16.6 Å². The Labute approximate surface area is 131 Å². The predicted molar refractivity (Wildman–Crippen MR) is 83.8 cm³/mol. The summed E-state index contributed by atoms with van der Waals surface area (Å²) in [5.41, 5.74) is 6.96. The molecule has 0 aliphatic rings. The van der Waals surface area contributed by atoms with Gasteiger partial charge in [0.05, 0.1) is 4.90 Å². The van der Waals surface area contributed by atoms with Crippen LogP contribution in [0.3, 0.4) is 0 Å². The largest absolute Gasteiger partial charge is 0.398 e. The normalized spacial score (nSPS) is 11.5. The molecule has 0 aliphatic carbocycles. The zero-order valence-corrected chi connectivity index (χ0v) is 13.4. The molecule has 0 unspecified atom stereocenters. The van der Waals surface area contributed by atoms with Crippen molar-refractivity contribution in [3.8, 4) is 0 Å². The summed E-state index contributed by atoms with van der Waals surface area (Å²) in [6, 6.07) is 10.4. The second-order valence-corrected chi connectivity index (χ2v) is 7.08. The summed E-state index contributed by atoms with van der Waals surface area (Å²) in [6.07, 6.45) is 0.482. The quantitative estimate of drug-likeness (QED) is 0.792. The maximum atomic E-state index is 12.8. The van der Waals surface area contributed by atoms with Crippen molar-refractivity contribution in [3.05, 3.63) is 58.3 Å². The van der Waals surface area contributed by atoms with Gasteiger partial charge in [-0.1, -0.05) is 12.1 Å². The van der Waals surface area contributed by atoms with Crippen LogP contribution in [0.1, 0.15) is 5.56 Å². The van der Waals surface area contributed by atoms with Crippen LogP contribution >= 0.6 is 15.9 Å². The van der Waals surface area contributed by atoms with Crippen LogP contribution in [0.15, 0.2) is 51.8 Å². The lowest BCUT2D eigenvalue weighted by Crippen LogP contribution is -2.26. The van der Waals surface area contributed by atoms with Crippen LogP contribution in [0.5, 0.6) is 0 Å². The van der Waals surface area contributed by atoms with Crippen molar-refractivity contribution >= 4 is 31.6 Å². The maximum absolute atomic E-state index is 12.8. The van der Waals surface area contributed by atoms with Crippen LogP contribution in [0.4, 0.5) is 10.1 Å². The van der Waals surface area contributed by atoms with Crippen molar-refractivity contribution in [1.82, 2.24) is 4.72 Å². The number of benzene rings is 2. The van der Waals surface area contributed by atoms with Crippen LogP contribution in [-0.4, -0.2) is 15.0 Å². The molecule has 0 saturated carbocycles. The first-order chi connectivity index (χ1) is 9.88. The van der Waals surface area contributed by atoms with Gasteiger partial charge in [0.15, 0.2) is 0 Å². The Morgan fingerprint density at radius 2 is 1.81 bits per heavy atom. The molecule has 2 rings (SSSR count). The highest BCUT2D eigenvalue weighted by Crippen LogP contribution is 2.22. The SMILES string of the molecule is Nc1ccc(S(=O)(=O)NCCc2ccc(F)cc2)cc1Br. The van der Waals surface area contributed by atoms with E-state index < -0.39 is 10.0 Å². The zero-order valence-electron chi connectivity index (χ0n) is 11.0. The van der Waals surface area contributed by atoms with Crippen LogP contribution in [0.2, 0.25) is 0 Å². The van der Waals surface area contributed by atoms with Crippen LogP contribution in [0.25, 0.3) is 0 Å². The molecule has 2 aromatic carbocycles. The number of sulfonamides is 1. The fourth-order valence-electron chi connectivity index (χ4n) is 1.74. The van der Waals surface area contributed by atoms with E-state index in [4.69, 9.17) is 5.73 Å². The van der Waals surface area contributed by atoms with E-state index in [2.05, 4.69) is 20.7 Å². The monoisotopic (exact) mass is 372 g/mol. The molecule has 0 aliphatic heterocycles. The Balaban J connectivity index is 2.01. The van der Waals surface area contributed by atoms with Gasteiger partial charge in [-0.25, -0.2) is 17.5 Å². The molecule has 2 aromatic rings. The van der Waals surface area contributed by atoms with E-state index in [1.54, 1.807) is 12.1 Å². The van der Waals surface area contributed by atoms with E-state index in [1.165, 1.54) is 30.3 Å². The lowest BCUT2D eigenvalue weighted by molar-refractivity contribution is 0.581. The molecule has 0 amide bonds. The topological polar surface area (TPSA) is 72.2 Å². The molecule has 3 N–H and O–H groups in total. The van der Waals surface area contributed by atoms with Gasteiger partial charge in [-0.3, -0.25) is 0 Å². The van der Waals surface area contributed by atoms with E-state index in [-0.39, 0.29) is 17.3 Å². The zero-order chi connectivity index (χ0) is 15.5. The molecular formula is C14H14BrFN2O2S. The lowest BCUT2D eigenvalue weighted by Gasteiger charge is -2.08. The van der Waals surface area contributed by atoms with E-state index in [0.717, 1.165) is 5.56 Å². The minimum atomic E-state index is -3.59. The highest BCUT2D eigenvalue weighted by Gasteiger charge is 2.14. The van der Waals surface area contributed by atoms with Crippen molar-refractivity contribution in [2.45, 2.75) is 11.3 Å². The Hall–Kier alpha value is -1.44. The number of hydrogen-bond donors (Lipinski definition) is 2. The summed E-state index contributed by atoms with van der Waals surface area (Å²) >= 11 is 3.20. The smallest absolute Gasteiger partial charge is 0.240 e. The molecule has 0 atom stereocenters. The number of nitrogens with two attached hydrogens (primary N) is 1. The summed E-state index contributed by atoms with van der Waals surface area (Å²) in [6.45, 7) is 0.232. The van der Waals surface area contributed by atoms with Crippen molar-refractivity contribution in [3.63, 3.8) is 0 Å². The first-order valence-corrected chi connectivity index (χ1v) is 8.45. The molecule has 0 spiro atoms. The Bertz CT molecular complexity index is 733. The van der Waals surface area contributed by atoms with Gasteiger partial charge >= 0.3 is 0 Å². The molecule has 0 bridgehead atoms. The van der Waals surface area contributed by atoms with Crippen LogP contribution in [-0.2, 0) is 16.4 Å². The lowest BCUT2D eigenvalue weighted by atomic mass is 10.1. The van der Waals surface area contributed by atoms with Crippen molar-refractivity contribution < 1.29 is 12.8 Å². The third-order valence-corrected chi connectivity index (χ3v) is 5.05. The van der Waals surface area contributed by atoms with E-state index in [1.807, 2.05) is 0 Å². The molecule has 4 nitrogen and oxygen atoms in total. The first kappa shape index (κ1) is 15.9. The third-order valence-electron chi connectivity index (χ3n) is 2.90. The van der Waals surface area contributed by atoms with Gasteiger partial charge in [-0.05, 0) is 58.2 Å². The van der Waals surface area contributed by atoms with Gasteiger partial charge < -0.3 is 5.73 Å². The maximum Gasteiger partial charge on any atom is 0.240 e. The summed E-state index contributed by atoms with van der Waals surface area (Å²) in [4.78, 5) is 0.141. The summed E-state index contributed by atoms with van der Waals surface area (Å²) < 4.78 is 40.0. The number of nitrogens with one attached hydrogen (secondary N) is 1. The fourth-order valence-corrected chi connectivity index (χ4v) is 3.33. The predicted octanol–water partition coefficient (Wildman–Crippen LogP) is 2.69. The van der Waals surface area contributed by atoms with Gasteiger partial charge in [0, 0.05) is 16.7 Å². The van der Waals surface area contributed by atoms with Gasteiger partial charge in [0.25, 0.3) is 0 Å². The molecule has 21 heavy (non-hydrogen) atoms. The number of nitrogen functional groups attached to an aromatic ring is 1. The van der Waals surface area contributed by atoms with Gasteiger partial charge in [0.2, 0.25) is 10.0 Å². The molecule has 112 valence electrons. The fraction of sp³-hybridized carbons (Fsp3) is 0.143. The number of rotatable bonds is 5. The van der Waals surface area contributed by atoms with Gasteiger partial charge in [0.1, 0.15) is 5.82 Å². The second kappa shape index (κ2) is 6.55. The second-order valence-electron chi connectivity index (χ2n) is 4.46. The van der Waals surface area contributed by atoms with Crippen LogP contribution in [0, 0.1) is 5.82 Å². The number of halogens is 2. The molecule has 0 heterocycles. The first-order valence-electron chi connectivity index (χ1n) is 6.17. The minimum absolute atomic E-state index is 0.141. The molecular weight excluding hydrogens is 359 g/mol. The molecule has 0 fully saturated rings. The number of anilines is 1. The molecule has 0 saturated heterocycles. The van der Waals surface area contributed by atoms with Crippen LogP contribution < -0.4 is 10.5 Å². The highest BCUT2D eigenvalue weighted by atomic mass is 79.9. The Kier molecular flexibility index (Phi) is 4.97. The Morgan fingerprint density at radius 3 is 2.43 bits per heavy atom. The molecule has 0 aromatic heterocycles. The summed E-state index contributed by atoms with van der Waals surface area (Å²) in [5, 5.41) is 0. The molecule has 0 radical (unpaired) electrons. The van der Waals surface area contributed by atoms with Crippen molar-refractivity contribution in [2.24, 2.45) is 0 Å². The average Bonchev–Trinajstić information content (AvgIpc) is 2.44. The van der Waals surface area contributed by atoms with E-state index in [9.17, 15) is 12.8 Å². The third kappa shape index (κ3) is 4.26. The molecule has 7 heteroatoms. The van der Waals surface area contributed by atoms with Gasteiger partial charge in [-0.2, -0.15) is 0 Å². The number of hydrogen-bond acceptors (Lipinski definition) is 3. The van der Waals surface area contributed by atoms with Crippen molar-refractivity contribution in [1.29, 1.82) is 0 Å². The van der Waals surface area contributed by atoms with Crippen molar-refractivity contribution in [2.75, 3.05) is 12.3 Å². The summed E-state index contributed by atoms with van der Waals surface area (Å²) in [5.74, 6) is -0.314. The average molecular weight is 373 g/mol. The standard InChI is InChI=1S/C14H14BrFN2O2S/c15-13-9-12(5-6-14(13)17)21(19,20)18-8-7-10-1-3-11(16)4-2-10/h1-6,9,18H,7-8,17H2. The van der Waals surface area contributed by atoms with E-state index >= 15 is 0 Å².